The normalized spacial score (nSPS) is 23.2. The van der Waals surface area contributed by atoms with Crippen LogP contribution in [0, 0.1) is 17.8 Å². The molecule has 2 rings (SSSR count). The second-order valence-corrected chi connectivity index (χ2v) is 8.80. The zero-order chi connectivity index (χ0) is 16.1. The number of hydrogen-bond donors (Lipinski definition) is 1. The topological polar surface area (TPSA) is 38.0 Å². The summed E-state index contributed by atoms with van der Waals surface area (Å²) in [6.45, 7) is 13.8. The summed E-state index contributed by atoms with van der Waals surface area (Å²) in [5, 5.41) is 16.4. The molecule has 1 aromatic heterocycles. The lowest BCUT2D eigenvalue weighted by atomic mass is 9.59. The molecule has 4 heteroatoms. The van der Waals surface area contributed by atoms with Crippen LogP contribution in [0.25, 0.3) is 0 Å². The first-order valence-electron chi connectivity index (χ1n) is 7.91. The third-order valence-corrected chi connectivity index (χ3v) is 5.01. The van der Waals surface area contributed by atoms with Gasteiger partial charge < -0.3 is 5.11 Å². The molecule has 0 aromatic carbocycles. The van der Waals surface area contributed by atoms with Crippen molar-refractivity contribution in [2.45, 2.75) is 79.4 Å². The van der Waals surface area contributed by atoms with Gasteiger partial charge >= 0.3 is 0 Å². The lowest BCUT2D eigenvalue weighted by molar-refractivity contribution is -0.0860. The van der Waals surface area contributed by atoms with Crippen molar-refractivity contribution in [3.05, 3.63) is 16.4 Å². The minimum atomic E-state index is -0.700. The third-order valence-electron chi connectivity index (χ3n) is 4.52. The Kier molecular flexibility index (Phi) is 4.23. The van der Waals surface area contributed by atoms with E-state index in [0.29, 0.717) is 11.4 Å². The summed E-state index contributed by atoms with van der Waals surface area (Å²) in [7, 11) is 0. The van der Waals surface area contributed by atoms with Crippen molar-refractivity contribution in [2.75, 3.05) is 0 Å². The molecule has 21 heavy (non-hydrogen) atoms. The second kappa shape index (κ2) is 5.27. The van der Waals surface area contributed by atoms with Crippen molar-refractivity contribution in [3.63, 3.8) is 0 Å². The lowest BCUT2D eigenvalue weighted by Crippen LogP contribution is -2.47. The number of halogens is 1. The molecular formula is C17H29ClN2O. The molecule has 1 fully saturated rings. The van der Waals surface area contributed by atoms with Crippen LogP contribution in [0.4, 0.5) is 0 Å². The molecule has 1 N–H and O–H groups in total. The molecule has 1 heterocycles. The SMILES string of the molecule is CCn1nc(C)c(Cl)c1CC1(O)CC(C)(C)CC(C)(C)C1. The largest absolute Gasteiger partial charge is 0.389 e. The molecule has 120 valence electrons. The minimum absolute atomic E-state index is 0.148. The molecule has 0 unspecified atom stereocenters. The van der Waals surface area contributed by atoms with Gasteiger partial charge in [-0.2, -0.15) is 5.10 Å². The molecule has 0 radical (unpaired) electrons. The molecule has 0 amide bonds. The molecule has 1 aliphatic rings. The fourth-order valence-corrected chi connectivity index (χ4v) is 4.94. The second-order valence-electron chi connectivity index (χ2n) is 8.42. The van der Waals surface area contributed by atoms with Crippen LogP contribution in [-0.4, -0.2) is 20.5 Å². The van der Waals surface area contributed by atoms with Crippen molar-refractivity contribution in [1.29, 1.82) is 0 Å². The molecule has 0 saturated heterocycles. The van der Waals surface area contributed by atoms with Gasteiger partial charge in [-0.3, -0.25) is 4.68 Å². The molecule has 0 bridgehead atoms. The van der Waals surface area contributed by atoms with Gasteiger partial charge in [0.25, 0.3) is 0 Å². The molecule has 0 atom stereocenters. The fourth-order valence-electron chi connectivity index (χ4n) is 4.74. The number of aryl methyl sites for hydroxylation is 2. The highest BCUT2D eigenvalue weighted by molar-refractivity contribution is 6.31. The molecule has 1 aliphatic carbocycles. The molecule has 0 aliphatic heterocycles. The van der Waals surface area contributed by atoms with Gasteiger partial charge in [-0.05, 0) is 43.9 Å². The summed E-state index contributed by atoms with van der Waals surface area (Å²) >= 11 is 6.42. The standard InChI is InChI=1S/C17H29ClN2O/c1-7-20-13(14(18)12(2)19-20)8-17(21)10-15(3,4)9-16(5,6)11-17/h21H,7-11H2,1-6H3. The molecule has 1 saturated carbocycles. The van der Waals surface area contributed by atoms with Crippen molar-refractivity contribution in [3.8, 4) is 0 Å². The minimum Gasteiger partial charge on any atom is -0.389 e. The van der Waals surface area contributed by atoms with E-state index in [4.69, 9.17) is 11.6 Å². The van der Waals surface area contributed by atoms with Crippen molar-refractivity contribution < 1.29 is 5.11 Å². The molecule has 0 spiro atoms. The summed E-state index contributed by atoms with van der Waals surface area (Å²) in [5.74, 6) is 0. The Labute approximate surface area is 133 Å². The number of hydrogen-bond acceptors (Lipinski definition) is 2. The van der Waals surface area contributed by atoms with E-state index < -0.39 is 5.60 Å². The van der Waals surface area contributed by atoms with Crippen LogP contribution in [-0.2, 0) is 13.0 Å². The van der Waals surface area contributed by atoms with E-state index in [1.54, 1.807) is 0 Å². The van der Waals surface area contributed by atoms with E-state index in [0.717, 1.165) is 37.2 Å². The summed E-state index contributed by atoms with van der Waals surface area (Å²) in [5.41, 5.74) is 1.43. The Morgan fingerprint density at radius 1 is 1.14 bits per heavy atom. The summed E-state index contributed by atoms with van der Waals surface area (Å²) in [4.78, 5) is 0. The van der Waals surface area contributed by atoms with E-state index in [-0.39, 0.29) is 10.8 Å². The maximum absolute atomic E-state index is 11.2. The smallest absolute Gasteiger partial charge is 0.0848 e. The first-order chi connectivity index (χ1) is 9.47. The third kappa shape index (κ3) is 3.62. The number of aromatic nitrogens is 2. The Balaban J connectivity index is 2.33. The van der Waals surface area contributed by atoms with Crippen LogP contribution in [0.5, 0.6) is 0 Å². The highest BCUT2D eigenvalue weighted by Crippen LogP contribution is 2.51. The maximum atomic E-state index is 11.2. The van der Waals surface area contributed by atoms with Gasteiger partial charge in [-0.15, -0.1) is 0 Å². The van der Waals surface area contributed by atoms with Crippen LogP contribution in [0.3, 0.4) is 0 Å². The quantitative estimate of drug-likeness (QED) is 0.899. The predicted octanol–water partition coefficient (Wildman–Crippen LogP) is 4.37. The highest BCUT2D eigenvalue weighted by Gasteiger charge is 2.47. The fraction of sp³-hybridized carbons (Fsp3) is 0.824. The number of aliphatic hydroxyl groups is 1. The van der Waals surface area contributed by atoms with Gasteiger partial charge in [0.2, 0.25) is 0 Å². The Morgan fingerprint density at radius 2 is 1.67 bits per heavy atom. The molecule has 1 aromatic rings. The first-order valence-corrected chi connectivity index (χ1v) is 8.29. The van der Waals surface area contributed by atoms with Gasteiger partial charge in [0, 0.05) is 13.0 Å². The Bertz CT molecular complexity index is 515. The zero-order valence-electron chi connectivity index (χ0n) is 14.3. The van der Waals surface area contributed by atoms with E-state index in [9.17, 15) is 5.11 Å². The van der Waals surface area contributed by atoms with Crippen LogP contribution in [0.15, 0.2) is 0 Å². The number of nitrogens with zero attached hydrogens (tertiary/aromatic N) is 2. The Morgan fingerprint density at radius 3 is 2.14 bits per heavy atom. The van der Waals surface area contributed by atoms with Gasteiger partial charge in [0.15, 0.2) is 0 Å². The van der Waals surface area contributed by atoms with E-state index in [1.807, 2.05) is 11.6 Å². The summed E-state index contributed by atoms with van der Waals surface area (Å²) < 4.78 is 1.93. The monoisotopic (exact) mass is 312 g/mol. The zero-order valence-corrected chi connectivity index (χ0v) is 15.0. The predicted molar refractivity (Wildman–Crippen MR) is 87.7 cm³/mol. The number of rotatable bonds is 3. The molecule has 3 nitrogen and oxygen atoms in total. The van der Waals surface area contributed by atoms with Crippen LogP contribution in [0.1, 0.15) is 65.3 Å². The van der Waals surface area contributed by atoms with Crippen molar-refractivity contribution in [2.24, 2.45) is 10.8 Å². The van der Waals surface area contributed by atoms with E-state index in [1.165, 1.54) is 0 Å². The van der Waals surface area contributed by atoms with Crippen LogP contribution >= 0.6 is 11.6 Å². The van der Waals surface area contributed by atoms with Gasteiger partial charge in [0.1, 0.15) is 0 Å². The van der Waals surface area contributed by atoms with Gasteiger partial charge in [0.05, 0.1) is 22.0 Å². The highest BCUT2D eigenvalue weighted by atomic mass is 35.5. The van der Waals surface area contributed by atoms with E-state index in [2.05, 4.69) is 39.7 Å². The summed E-state index contributed by atoms with van der Waals surface area (Å²) in [6, 6.07) is 0. The van der Waals surface area contributed by atoms with Crippen LogP contribution in [0.2, 0.25) is 5.02 Å². The molecular weight excluding hydrogens is 284 g/mol. The van der Waals surface area contributed by atoms with E-state index >= 15 is 0 Å². The van der Waals surface area contributed by atoms with Crippen molar-refractivity contribution >= 4 is 11.6 Å². The maximum Gasteiger partial charge on any atom is 0.0848 e. The van der Waals surface area contributed by atoms with Crippen LogP contribution < -0.4 is 0 Å². The lowest BCUT2D eigenvalue weighted by Gasteiger charge is -2.49. The van der Waals surface area contributed by atoms with Gasteiger partial charge in [-0.1, -0.05) is 39.3 Å². The van der Waals surface area contributed by atoms with Gasteiger partial charge in [-0.25, -0.2) is 0 Å². The Hall–Kier alpha value is -0.540. The van der Waals surface area contributed by atoms with Crippen molar-refractivity contribution in [1.82, 2.24) is 9.78 Å². The summed E-state index contributed by atoms with van der Waals surface area (Å²) in [6.07, 6.45) is 3.36. The average molecular weight is 313 g/mol. The average Bonchev–Trinajstić information content (AvgIpc) is 2.51. The first kappa shape index (κ1) is 16.8.